The van der Waals surface area contributed by atoms with E-state index < -0.39 is 9.85 Å². The molecule has 0 spiro atoms. The molecule has 138 valence electrons. The maximum Gasteiger partial charge on any atom is 0.269 e. The molecule has 2 rings (SSSR count). The van der Waals surface area contributed by atoms with E-state index in [1.54, 1.807) is 38.5 Å². The van der Waals surface area contributed by atoms with Gasteiger partial charge in [0.2, 0.25) is 0 Å². The van der Waals surface area contributed by atoms with Gasteiger partial charge < -0.3 is 9.47 Å². The van der Waals surface area contributed by atoms with Crippen molar-refractivity contribution in [2.75, 3.05) is 14.2 Å². The molecule has 2 unspecified atom stereocenters. The zero-order valence-electron chi connectivity index (χ0n) is 14.5. The first kappa shape index (κ1) is 19.5. The summed E-state index contributed by atoms with van der Waals surface area (Å²) in [4.78, 5) is 20.6. The molecule has 0 aromatic heterocycles. The summed E-state index contributed by atoms with van der Waals surface area (Å²) in [5, 5.41) is 21.5. The van der Waals surface area contributed by atoms with Crippen molar-refractivity contribution in [2.24, 2.45) is 0 Å². The molecule has 26 heavy (non-hydrogen) atoms. The number of nitro groups is 2. The molecule has 2 aromatic rings. The molecule has 8 nitrogen and oxygen atoms in total. The van der Waals surface area contributed by atoms with E-state index in [0.29, 0.717) is 12.8 Å². The quantitative estimate of drug-likeness (QED) is 0.486. The van der Waals surface area contributed by atoms with E-state index in [4.69, 9.17) is 9.47 Å². The number of nitrogens with zero attached hydrogens (tertiary/aromatic N) is 2. The molecule has 0 aliphatic rings. The van der Waals surface area contributed by atoms with Crippen LogP contribution in [0.1, 0.15) is 36.2 Å². The van der Waals surface area contributed by atoms with E-state index in [1.807, 2.05) is 0 Å². The van der Waals surface area contributed by atoms with Gasteiger partial charge in [-0.1, -0.05) is 0 Å². The highest BCUT2D eigenvalue weighted by Gasteiger charge is 2.18. The number of methoxy groups -OCH3 is 2. The largest absolute Gasteiger partial charge is 0.377 e. The minimum Gasteiger partial charge on any atom is -0.377 e. The van der Waals surface area contributed by atoms with Crippen molar-refractivity contribution in [2.45, 2.75) is 25.0 Å². The highest BCUT2D eigenvalue weighted by molar-refractivity contribution is 5.35. The number of hydrogen-bond donors (Lipinski definition) is 0. The van der Waals surface area contributed by atoms with E-state index in [1.165, 1.54) is 24.3 Å². The molecule has 2 aromatic carbocycles. The fourth-order valence-electron chi connectivity index (χ4n) is 2.77. The van der Waals surface area contributed by atoms with Crippen molar-refractivity contribution < 1.29 is 19.3 Å². The van der Waals surface area contributed by atoms with Gasteiger partial charge in [-0.05, 0) is 48.2 Å². The molecule has 0 saturated carbocycles. The van der Waals surface area contributed by atoms with Gasteiger partial charge in [0.05, 0.1) is 22.1 Å². The van der Waals surface area contributed by atoms with Crippen molar-refractivity contribution in [3.8, 4) is 0 Å². The number of nitro benzene ring substituents is 2. The van der Waals surface area contributed by atoms with E-state index in [9.17, 15) is 20.2 Å². The van der Waals surface area contributed by atoms with Gasteiger partial charge in [0.25, 0.3) is 11.4 Å². The molecule has 0 bridgehead atoms. The normalized spacial score (nSPS) is 13.2. The zero-order valence-corrected chi connectivity index (χ0v) is 14.5. The average molecular weight is 360 g/mol. The highest BCUT2D eigenvalue weighted by Crippen LogP contribution is 2.30. The first-order valence-corrected chi connectivity index (χ1v) is 8.00. The summed E-state index contributed by atoms with van der Waals surface area (Å²) in [6.07, 6.45) is 0.797. The topological polar surface area (TPSA) is 105 Å². The third-order valence-corrected chi connectivity index (χ3v) is 4.21. The van der Waals surface area contributed by atoms with Crippen LogP contribution < -0.4 is 0 Å². The van der Waals surface area contributed by atoms with Crippen molar-refractivity contribution in [3.63, 3.8) is 0 Å². The Kier molecular flexibility index (Phi) is 6.76. The molecule has 0 fully saturated rings. The summed E-state index contributed by atoms with van der Waals surface area (Å²) in [6, 6.07) is 12.5. The van der Waals surface area contributed by atoms with Crippen molar-refractivity contribution in [1.82, 2.24) is 0 Å². The Morgan fingerprint density at radius 1 is 0.731 bits per heavy atom. The Morgan fingerprint density at radius 2 is 1.04 bits per heavy atom. The summed E-state index contributed by atoms with van der Waals surface area (Å²) in [5.74, 6) is 0. The van der Waals surface area contributed by atoms with Gasteiger partial charge in [-0.15, -0.1) is 0 Å². The summed E-state index contributed by atoms with van der Waals surface area (Å²) >= 11 is 0. The van der Waals surface area contributed by atoms with Crippen LogP contribution in [-0.2, 0) is 9.47 Å². The van der Waals surface area contributed by atoms with Gasteiger partial charge in [-0.2, -0.15) is 0 Å². The maximum atomic E-state index is 10.7. The van der Waals surface area contributed by atoms with Crippen LogP contribution in [0, 0.1) is 20.2 Å². The van der Waals surface area contributed by atoms with Crippen molar-refractivity contribution in [1.29, 1.82) is 0 Å². The average Bonchev–Trinajstić information content (AvgIpc) is 2.65. The molecular weight excluding hydrogens is 340 g/mol. The first-order valence-electron chi connectivity index (χ1n) is 8.00. The predicted octanol–water partition coefficient (Wildman–Crippen LogP) is 4.36. The third kappa shape index (κ3) is 4.84. The summed E-state index contributed by atoms with van der Waals surface area (Å²) in [5.41, 5.74) is 1.75. The van der Waals surface area contributed by atoms with Gasteiger partial charge in [-0.25, -0.2) is 0 Å². The van der Waals surface area contributed by atoms with Gasteiger partial charge in [0.1, 0.15) is 0 Å². The minimum atomic E-state index is -0.443. The van der Waals surface area contributed by atoms with Gasteiger partial charge in [-0.3, -0.25) is 20.2 Å². The second-order valence-corrected chi connectivity index (χ2v) is 5.72. The van der Waals surface area contributed by atoms with Gasteiger partial charge >= 0.3 is 0 Å². The molecule has 0 N–H and O–H groups in total. The number of hydrogen-bond acceptors (Lipinski definition) is 6. The summed E-state index contributed by atoms with van der Waals surface area (Å²) in [7, 11) is 3.17. The fourth-order valence-corrected chi connectivity index (χ4v) is 2.77. The van der Waals surface area contributed by atoms with Gasteiger partial charge in [0, 0.05) is 38.5 Å². The maximum absolute atomic E-state index is 10.7. The lowest BCUT2D eigenvalue weighted by Gasteiger charge is -2.20. The molecule has 0 saturated heterocycles. The second-order valence-electron chi connectivity index (χ2n) is 5.72. The van der Waals surface area contributed by atoms with Crippen LogP contribution in [-0.4, -0.2) is 24.1 Å². The zero-order chi connectivity index (χ0) is 19.1. The lowest BCUT2D eigenvalue weighted by molar-refractivity contribution is -0.385. The van der Waals surface area contributed by atoms with Crippen LogP contribution in [0.25, 0.3) is 0 Å². The van der Waals surface area contributed by atoms with Crippen LogP contribution in [0.15, 0.2) is 48.5 Å². The number of rotatable bonds is 9. The van der Waals surface area contributed by atoms with Crippen LogP contribution >= 0.6 is 0 Å². The fraction of sp³-hybridized carbons (Fsp3) is 0.333. The molecule has 8 heteroatoms. The monoisotopic (exact) mass is 360 g/mol. The number of non-ortho nitro benzene ring substituents is 2. The number of benzene rings is 2. The summed E-state index contributed by atoms with van der Waals surface area (Å²) < 4.78 is 11.0. The van der Waals surface area contributed by atoms with E-state index in [2.05, 4.69) is 0 Å². The Labute approximate surface area is 150 Å². The highest BCUT2D eigenvalue weighted by atomic mass is 16.6. The lowest BCUT2D eigenvalue weighted by atomic mass is 9.98. The second kappa shape index (κ2) is 9.02. The minimum absolute atomic E-state index is 0.0317. The first-order chi connectivity index (χ1) is 12.5. The van der Waals surface area contributed by atoms with E-state index in [-0.39, 0.29) is 23.6 Å². The van der Waals surface area contributed by atoms with Crippen molar-refractivity contribution in [3.05, 3.63) is 79.9 Å². The molecular formula is C18H20N2O6. The predicted molar refractivity (Wildman–Crippen MR) is 94.9 cm³/mol. The Bertz CT molecular complexity index is 680. The Hall–Kier alpha value is -2.84. The van der Waals surface area contributed by atoms with Crippen LogP contribution in [0.5, 0.6) is 0 Å². The van der Waals surface area contributed by atoms with Crippen molar-refractivity contribution >= 4 is 11.4 Å². The molecule has 0 heterocycles. The molecule has 0 aliphatic carbocycles. The molecule has 0 amide bonds. The molecule has 0 aliphatic heterocycles. The van der Waals surface area contributed by atoms with Crippen LogP contribution in [0.3, 0.4) is 0 Å². The smallest absolute Gasteiger partial charge is 0.269 e. The van der Waals surface area contributed by atoms with Crippen LogP contribution in [0.2, 0.25) is 0 Å². The van der Waals surface area contributed by atoms with E-state index >= 15 is 0 Å². The SMILES string of the molecule is COC(CCC(OC)c1ccc([N+](=O)[O-])cc1)c1ccc([N+](=O)[O-])cc1. The number of ether oxygens (including phenoxy) is 2. The van der Waals surface area contributed by atoms with E-state index in [0.717, 1.165) is 11.1 Å². The summed E-state index contributed by atoms with van der Waals surface area (Å²) in [6.45, 7) is 0. The molecule has 2 atom stereocenters. The molecule has 0 radical (unpaired) electrons. The standard InChI is InChI=1S/C18H20N2O6/c1-25-17(13-3-7-15(8-4-13)19(21)22)11-12-18(26-2)14-5-9-16(10-6-14)20(23)24/h3-10,17-18H,11-12H2,1-2H3. The third-order valence-electron chi connectivity index (χ3n) is 4.21. The Balaban J connectivity index is 2.04. The lowest BCUT2D eigenvalue weighted by Crippen LogP contribution is -2.07. The van der Waals surface area contributed by atoms with Crippen LogP contribution in [0.4, 0.5) is 11.4 Å². The Morgan fingerprint density at radius 3 is 1.27 bits per heavy atom. The van der Waals surface area contributed by atoms with Gasteiger partial charge in [0.15, 0.2) is 0 Å².